The maximum absolute atomic E-state index is 11.2. The van der Waals surface area contributed by atoms with Gasteiger partial charge in [0.2, 0.25) is 0 Å². The van der Waals surface area contributed by atoms with Gasteiger partial charge in [0.05, 0.1) is 5.69 Å². The summed E-state index contributed by atoms with van der Waals surface area (Å²) in [6, 6.07) is 7.17. The van der Waals surface area contributed by atoms with Gasteiger partial charge in [0.1, 0.15) is 0 Å². The average Bonchev–Trinajstić information content (AvgIpc) is 2.58. The molecule has 0 bridgehead atoms. The molecule has 76 valence electrons. The molecule has 2 aromatic rings. The molecular weight excluding hydrogens is 194 g/mol. The zero-order chi connectivity index (χ0) is 11.0. The lowest BCUT2D eigenvalue weighted by Crippen LogP contribution is -2.12. The molecule has 2 N–H and O–H groups in total. The number of Topliss-reactive ketones (excluding diaryl/α,β-unsaturated/α-hetero) is 1. The van der Waals surface area contributed by atoms with Gasteiger partial charge in [0.15, 0.2) is 0 Å². The second-order valence-electron chi connectivity index (χ2n) is 3.41. The number of carbonyl (C=O) groups is 2. The van der Waals surface area contributed by atoms with Crippen LogP contribution in [0.3, 0.4) is 0 Å². The predicted octanol–water partition coefficient (Wildman–Crippen LogP) is 1.74. The Bertz CT molecular complexity index is 554. The van der Waals surface area contributed by atoms with Crippen LogP contribution in [0.1, 0.15) is 16.1 Å². The molecule has 0 unspecified atom stereocenters. The van der Waals surface area contributed by atoms with Crippen LogP contribution in [0.2, 0.25) is 0 Å². The summed E-state index contributed by atoms with van der Waals surface area (Å²) in [7, 11) is 0. The normalized spacial score (nSPS) is 10.5. The van der Waals surface area contributed by atoms with E-state index in [-0.39, 0.29) is 5.69 Å². The summed E-state index contributed by atoms with van der Waals surface area (Å²) in [6.45, 7) is 1.93. The van der Waals surface area contributed by atoms with E-state index in [0.29, 0.717) is 0 Å². The molecule has 2 rings (SSSR count). The molecule has 1 aromatic carbocycles. The highest BCUT2D eigenvalue weighted by molar-refractivity contribution is 6.39. The van der Waals surface area contributed by atoms with Crippen molar-refractivity contribution in [3.05, 3.63) is 35.5 Å². The molecule has 15 heavy (non-hydrogen) atoms. The van der Waals surface area contributed by atoms with E-state index >= 15 is 0 Å². The molecule has 0 radical (unpaired) electrons. The standard InChI is InChI=1S/C11H9NO3/c1-6-2-3-7-5-9(10(13)11(14)15)12-8(7)4-6/h2-5,12H,1H3,(H,14,15). The van der Waals surface area contributed by atoms with Crippen LogP contribution in [0.4, 0.5) is 0 Å². The van der Waals surface area contributed by atoms with Crippen molar-refractivity contribution >= 4 is 22.7 Å². The first-order valence-electron chi connectivity index (χ1n) is 4.45. The van der Waals surface area contributed by atoms with Crippen molar-refractivity contribution in [3.63, 3.8) is 0 Å². The molecule has 0 aliphatic heterocycles. The highest BCUT2D eigenvalue weighted by atomic mass is 16.4. The molecule has 0 saturated heterocycles. The molecule has 1 heterocycles. The Morgan fingerprint density at radius 3 is 2.67 bits per heavy atom. The summed E-state index contributed by atoms with van der Waals surface area (Å²) in [4.78, 5) is 24.4. The number of benzene rings is 1. The Kier molecular flexibility index (Phi) is 2.04. The van der Waals surface area contributed by atoms with Gasteiger partial charge >= 0.3 is 5.97 Å². The lowest BCUT2D eigenvalue weighted by Gasteiger charge is -1.91. The van der Waals surface area contributed by atoms with E-state index in [4.69, 9.17) is 5.11 Å². The van der Waals surface area contributed by atoms with E-state index in [2.05, 4.69) is 4.98 Å². The molecule has 0 amide bonds. The summed E-state index contributed by atoms with van der Waals surface area (Å²) in [5.74, 6) is -2.36. The SMILES string of the molecule is Cc1ccc2cc(C(=O)C(=O)O)[nH]c2c1. The van der Waals surface area contributed by atoms with Crippen molar-refractivity contribution in [1.29, 1.82) is 0 Å². The number of carboxylic acid groups (broad SMARTS) is 1. The monoisotopic (exact) mass is 203 g/mol. The first kappa shape index (κ1) is 9.45. The van der Waals surface area contributed by atoms with Gasteiger partial charge in [0, 0.05) is 10.9 Å². The number of ketones is 1. The predicted molar refractivity (Wildman–Crippen MR) is 55.0 cm³/mol. The van der Waals surface area contributed by atoms with E-state index < -0.39 is 11.8 Å². The minimum Gasteiger partial charge on any atom is -0.475 e. The van der Waals surface area contributed by atoms with Gasteiger partial charge in [-0.15, -0.1) is 0 Å². The number of carboxylic acids is 1. The Morgan fingerprint density at radius 1 is 1.27 bits per heavy atom. The fourth-order valence-corrected chi connectivity index (χ4v) is 1.48. The summed E-state index contributed by atoms with van der Waals surface area (Å²) >= 11 is 0. The number of hydrogen-bond donors (Lipinski definition) is 2. The average molecular weight is 203 g/mol. The fourth-order valence-electron chi connectivity index (χ4n) is 1.48. The fraction of sp³-hybridized carbons (Fsp3) is 0.0909. The van der Waals surface area contributed by atoms with Crippen molar-refractivity contribution in [2.75, 3.05) is 0 Å². The minimum atomic E-state index is -1.45. The van der Waals surface area contributed by atoms with E-state index in [1.54, 1.807) is 6.07 Å². The number of rotatable bonds is 2. The molecule has 0 spiro atoms. The molecule has 1 aromatic heterocycles. The Labute approximate surface area is 85.5 Å². The van der Waals surface area contributed by atoms with Crippen molar-refractivity contribution in [2.24, 2.45) is 0 Å². The lowest BCUT2D eigenvalue weighted by atomic mass is 10.2. The van der Waals surface area contributed by atoms with Crippen molar-refractivity contribution in [2.45, 2.75) is 6.92 Å². The molecular formula is C11H9NO3. The van der Waals surface area contributed by atoms with Crippen LogP contribution in [0, 0.1) is 6.92 Å². The zero-order valence-electron chi connectivity index (χ0n) is 8.07. The third-order valence-corrected chi connectivity index (χ3v) is 2.22. The largest absolute Gasteiger partial charge is 0.475 e. The number of nitrogens with one attached hydrogen (secondary N) is 1. The number of H-pyrrole nitrogens is 1. The molecule has 0 aliphatic carbocycles. The third kappa shape index (κ3) is 1.61. The number of carbonyl (C=O) groups excluding carboxylic acids is 1. The Morgan fingerprint density at radius 2 is 2.00 bits per heavy atom. The maximum atomic E-state index is 11.2. The quantitative estimate of drug-likeness (QED) is 0.577. The molecule has 0 aliphatic rings. The molecule has 4 nitrogen and oxygen atoms in total. The summed E-state index contributed by atoms with van der Waals surface area (Å²) in [6.07, 6.45) is 0. The summed E-state index contributed by atoms with van der Waals surface area (Å²) in [5.41, 5.74) is 1.95. The van der Waals surface area contributed by atoms with Gasteiger partial charge in [0.25, 0.3) is 5.78 Å². The number of aliphatic carboxylic acids is 1. The van der Waals surface area contributed by atoms with E-state index in [0.717, 1.165) is 16.5 Å². The third-order valence-electron chi connectivity index (χ3n) is 2.22. The van der Waals surface area contributed by atoms with Crippen LogP contribution in [-0.2, 0) is 4.79 Å². The first-order chi connectivity index (χ1) is 7.08. The van der Waals surface area contributed by atoms with Crippen molar-refractivity contribution < 1.29 is 14.7 Å². The Balaban J connectivity index is 2.56. The van der Waals surface area contributed by atoms with Gasteiger partial charge in [-0.25, -0.2) is 4.79 Å². The smallest absolute Gasteiger partial charge is 0.378 e. The number of hydrogen-bond acceptors (Lipinski definition) is 2. The zero-order valence-corrected chi connectivity index (χ0v) is 8.07. The van der Waals surface area contributed by atoms with Crippen LogP contribution in [-0.4, -0.2) is 21.8 Å². The molecule has 4 heteroatoms. The first-order valence-corrected chi connectivity index (χ1v) is 4.45. The highest BCUT2D eigenvalue weighted by Crippen LogP contribution is 2.17. The Hall–Kier alpha value is -2.10. The van der Waals surface area contributed by atoms with E-state index in [9.17, 15) is 9.59 Å². The van der Waals surface area contributed by atoms with E-state index in [1.165, 1.54) is 0 Å². The number of aryl methyl sites for hydroxylation is 1. The van der Waals surface area contributed by atoms with Gasteiger partial charge in [-0.3, -0.25) is 4.79 Å². The number of aromatic nitrogens is 1. The van der Waals surface area contributed by atoms with Gasteiger partial charge < -0.3 is 10.1 Å². The van der Waals surface area contributed by atoms with E-state index in [1.807, 2.05) is 25.1 Å². The lowest BCUT2D eigenvalue weighted by molar-refractivity contribution is -0.131. The van der Waals surface area contributed by atoms with Crippen LogP contribution >= 0.6 is 0 Å². The van der Waals surface area contributed by atoms with Crippen LogP contribution in [0.25, 0.3) is 10.9 Å². The molecule has 0 fully saturated rings. The van der Waals surface area contributed by atoms with Gasteiger partial charge in [-0.05, 0) is 24.6 Å². The van der Waals surface area contributed by atoms with Crippen molar-refractivity contribution in [1.82, 2.24) is 4.98 Å². The molecule has 0 atom stereocenters. The second-order valence-corrected chi connectivity index (χ2v) is 3.41. The minimum absolute atomic E-state index is 0.114. The second kappa shape index (κ2) is 3.24. The summed E-state index contributed by atoms with van der Waals surface area (Å²) < 4.78 is 0. The number of aromatic amines is 1. The molecule has 0 saturated carbocycles. The number of fused-ring (bicyclic) bond motifs is 1. The van der Waals surface area contributed by atoms with Crippen LogP contribution in [0.5, 0.6) is 0 Å². The van der Waals surface area contributed by atoms with Crippen LogP contribution in [0.15, 0.2) is 24.3 Å². The summed E-state index contributed by atoms with van der Waals surface area (Å²) in [5, 5.41) is 9.38. The van der Waals surface area contributed by atoms with Crippen molar-refractivity contribution in [3.8, 4) is 0 Å². The maximum Gasteiger partial charge on any atom is 0.378 e. The highest BCUT2D eigenvalue weighted by Gasteiger charge is 2.16. The van der Waals surface area contributed by atoms with Crippen LogP contribution < -0.4 is 0 Å². The van der Waals surface area contributed by atoms with Gasteiger partial charge in [-0.1, -0.05) is 12.1 Å². The topological polar surface area (TPSA) is 70.2 Å². The van der Waals surface area contributed by atoms with Gasteiger partial charge in [-0.2, -0.15) is 0 Å².